The summed E-state index contributed by atoms with van der Waals surface area (Å²) in [5, 5.41) is 14.0. The predicted octanol–water partition coefficient (Wildman–Crippen LogP) is 2.90. The fourth-order valence-electron chi connectivity index (χ4n) is 4.70. The number of likely N-dealkylation sites (tertiary alicyclic amines) is 1. The second-order valence-electron chi connectivity index (χ2n) is 9.44. The van der Waals surface area contributed by atoms with E-state index in [0.717, 1.165) is 30.5 Å². The molecule has 0 aliphatic carbocycles. The molecule has 38 heavy (non-hydrogen) atoms. The van der Waals surface area contributed by atoms with Crippen LogP contribution in [0.5, 0.6) is 11.6 Å². The van der Waals surface area contributed by atoms with E-state index in [1.54, 1.807) is 37.6 Å². The van der Waals surface area contributed by atoms with Gasteiger partial charge in [-0.15, -0.1) is 5.10 Å². The molecule has 0 bridgehead atoms. The van der Waals surface area contributed by atoms with E-state index in [1.165, 1.54) is 4.52 Å². The van der Waals surface area contributed by atoms with Crippen LogP contribution < -0.4 is 20.1 Å². The highest BCUT2D eigenvalue weighted by atomic mass is 16.7. The lowest BCUT2D eigenvalue weighted by molar-refractivity contribution is -0.117. The molecule has 12 nitrogen and oxygen atoms in total. The number of carbonyl (C=O) groups is 2. The first-order chi connectivity index (χ1) is 18.4. The molecule has 0 saturated carbocycles. The highest BCUT2D eigenvalue weighted by molar-refractivity contribution is 6.08. The SMILES string of the molecule is Cc1ncc(NC(=O)CN2CCC[C@@H]2C)cc1NC(=O)c1nnn2cc(-c3cnc4c(c3)OCO4)ccc12. The maximum Gasteiger partial charge on any atom is 0.278 e. The number of hydrogen-bond donors (Lipinski definition) is 2. The van der Waals surface area contributed by atoms with Crippen molar-refractivity contribution in [2.45, 2.75) is 32.7 Å². The Kier molecular flexibility index (Phi) is 6.08. The minimum Gasteiger partial charge on any atom is -0.452 e. The summed E-state index contributed by atoms with van der Waals surface area (Å²) >= 11 is 0. The van der Waals surface area contributed by atoms with Gasteiger partial charge in [0.25, 0.3) is 11.8 Å². The van der Waals surface area contributed by atoms with E-state index in [4.69, 9.17) is 9.47 Å². The second-order valence-corrected chi connectivity index (χ2v) is 9.44. The van der Waals surface area contributed by atoms with Gasteiger partial charge in [-0.3, -0.25) is 19.5 Å². The van der Waals surface area contributed by atoms with Gasteiger partial charge in [-0.2, -0.15) is 0 Å². The fraction of sp³-hybridized carbons (Fsp3) is 0.308. The molecule has 0 spiro atoms. The van der Waals surface area contributed by atoms with Gasteiger partial charge in [-0.05, 0) is 51.4 Å². The van der Waals surface area contributed by atoms with E-state index in [-0.39, 0.29) is 18.4 Å². The molecule has 12 heteroatoms. The minimum atomic E-state index is -0.434. The average Bonchev–Trinajstić information content (AvgIpc) is 3.65. The Morgan fingerprint density at radius 1 is 1.11 bits per heavy atom. The molecule has 6 rings (SSSR count). The molecule has 6 heterocycles. The van der Waals surface area contributed by atoms with Crippen molar-refractivity contribution >= 4 is 28.7 Å². The lowest BCUT2D eigenvalue weighted by Gasteiger charge is -2.20. The number of amides is 2. The van der Waals surface area contributed by atoms with E-state index in [2.05, 4.69) is 42.7 Å². The van der Waals surface area contributed by atoms with Crippen LogP contribution in [0.2, 0.25) is 0 Å². The second kappa shape index (κ2) is 9.71. The highest BCUT2D eigenvalue weighted by Gasteiger charge is 2.23. The van der Waals surface area contributed by atoms with Crippen LogP contribution >= 0.6 is 0 Å². The first kappa shape index (κ1) is 23.8. The normalized spacial score (nSPS) is 16.6. The van der Waals surface area contributed by atoms with Crippen molar-refractivity contribution in [2.75, 3.05) is 30.5 Å². The van der Waals surface area contributed by atoms with E-state index in [9.17, 15) is 9.59 Å². The first-order valence-corrected chi connectivity index (χ1v) is 12.4. The quantitative estimate of drug-likeness (QED) is 0.398. The Labute approximate surface area is 218 Å². The number of nitrogens with zero attached hydrogens (tertiary/aromatic N) is 6. The van der Waals surface area contributed by atoms with Crippen molar-refractivity contribution in [3.63, 3.8) is 0 Å². The third-order valence-electron chi connectivity index (χ3n) is 6.85. The zero-order valence-electron chi connectivity index (χ0n) is 21.0. The number of aromatic nitrogens is 5. The molecule has 0 aromatic carbocycles. The van der Waals surface area contributed by atoms with Crippen molar-refractivity contribution < 1.29 is 19.1 Å². The number of rotatable bonds is 6. The monoisotopic (exact) mass is 514 g/mol. The first-order valence-electron chi connectivity index (χ1n) is 12.4. The standard InChI is InChI=1S/C26H26N8O4/c1-15-4-3-7-33(15)13-23(35)29-19-9-20(16(2)27-11-19)30-25(36)24-21-6-5-17(12-34(21)32-31-24)18-8-22-26(28-10-18)38-14-37-22/h5-6,8-12,15H,3-4,7,13-14H2,1-2H3,(H,29,35)(H,30,36)/t15-/m0/s1. The predicted molar refractivity (Wildman–Crippen MR) is 138 cm³/mol. The highest BCUT2D eigenvalue weighted by Crippen LogP contribution is 2.33. The van der Waals surface area contributed by atoms with Gasteiger partial charge in [-0.25, -0.2) is 9.50 Å². The third-order valence-corrected chi connectivity index (χ3v) is 6.85. The maximum absolute atomic E-state index is 13.1. The molecular formula is C26H26N8O4. The van der Waals surface area contributed by atoms with E-state index >= 15 is 0 Å². The van der Waals surface area contributed by atoms with Crippen LogP contribution in [-0.4, -0.2) is 67.4 Å². The fourth-order valence-corrected chi connectivity index (χ4v) is 4.70. The van der Waals surface area contributed by atoms with Crippen LogP contribution in [0.1, 0.15) is 35.9 Å². The smallest absolute Gasteiger partial charge is 0.278 e. The largest absolute Gasteiger partial charge is 0.452 e. The molecule has 4 aromatic heterocycles. The van der Waals surface area contributed by atoms with Crippen LogP contribution in [0.15, 0.2) is 42.9 Å². The number of carbonyl (C=O) groups excluding carboxylic acids is 2. The van der Waals surface area contributed by atoms with Gasteiger partial charge in [0, 0.05) is 29.6 Å². The Balaban J connectivity index is 1.17. The summed E-state index contributed by atoms with van der Waals surface area (Å²) < 4.78 is 12.2. The summed E-state index contributed by atoms with van der Waals surface area (Å²) in [6, 6.07) is 7.57. The van der Waals surface area contributed by atoms with Crippen LogP contribution in [0.4, 0.5) is 11.4 Å². The number of ether oxygens (including phenoxy) is 2. The maximum atomic E-state index is 13.1. The Morgan fingerprint density at radius 3 is 2.84 bits per heavy atom. The van der Waals surface area contributed by atoms with Crippen molar-refractivity contribution in [3.8, 4) is 22.8 Å². The number of anilines is 2. The van der Waals surface area contributed by atoms with E-state index in [1.807, 2.05) is 12.1 Å². The minimum absolute atomic E-state index is 0.112. The van der Waals surface area contributed by atoms with Crippen molar-refractivity contribution in [1.82, 2.24) is 29.7 Å². The molecule has 1 saturated heterocycles. The summed E-state index contributed by atoms with van der Waals surface area (Å²) in [5.41, 5.74) is 3.94. The summed E-state index contributed by atoms with van der Waals surface area (Å²) in [6.45, 7) is 5.30. The topological polar surface area (TPSA) is 136 Å². The molecule has 0 unspecified atom stereocenters. The molecule has 2 aliphatic heterocycles. The molecule has 2 amide bonds. The van der Waals surface area contributed by atoms with Gasteiger partial charge in [0.15, 0.2) is 11.4 Å². The third kappa shape index (κ3) is 4.61. The number of aryl methyl sites for hydroxylation is 1. The average molecular weight is 515 g/mol. The zero-order chi connectivity index (χ0) is 26.2. The molecule has 2 aliphatic rings. The molecule has 0 radical (unpaired) electrons. The van der Waals surface area contributed by atoms with Gasteiger partial charge in [-0.1, -0.05) is 11.3 Å². The molecular weight excluding hydrogens is 488 g/mol. The van der Waals surface area contributed by atoms with Gasteiger partial charge >= 0.3 is 0 Å². The Bertz CT molecular complexity index is 1550. The lowest BCUT2D eigenvalue weighted by Crippen LogP contribution is -2.35. The van der Waals surface area contributed by atoms with Gasteiger partial charge in [0.05, 0.1) is 35.3 Å². The van der Waals surface area contributed by atoms with Gasteiger partial charge < -0.3 is 20.1 Å². The van der Waals surface area contributed by atoms with E-state index < -0.39 is 5.91 Å². The van der Waals surface area contributed by atoms with Crippen LogP contribution in [-0.2, 0) is 4.79 Å². The molecule has 4 aromatic rings. The lowest BCUT2D eigenvalue weighted by atomic mass is 10.1. The van der Waals surface area contributed by atoms with E-state index in [0.29, 0.717) is 46.8 Å². The molecule has 194 valence electrons. The van der Waals surface area contributed by atoms with Gasteiger partial charge in [0.2, 0.25) is 12.7 Å². The number of pyridine rings is 3. The van der Waals surface area contributed by atoms with Gasteiger partial charge in [0.1, 0.15) is 0 Å². The Hall–Kier alpha value is -4.58. The Morgan fingerprint density at radius 2 is 2.00 bits per heavy atom. The summed E-state index contributed by atoms with van der Waals surface area (Å²) in [7, 11) is 0. The summed E-state index contributed by atoms with van der Waals surface area (Å²) in [4.78, 5) is 36.4. The van der Waals surface area contributed by atoms with Crippen LogP contribution in [0.25, 0.3) is 16.6 Å². The zero-order valence-corrected chi connectivity index (χ0v) is 21.0. The number of fused-ring (bicyclic) bond motifs is 2. The van der Waals surface area contributed by atoms with Crippen molar-refractivity contribution in [2.24, 2.45) is 0 Å². The van der Waals surface area contributed by atoms with Crippen LogP contribution in [0, 0.1) is 6.92 Å². The number of nitrogens with one attached hydrogen (secondary N) is 2. The summed E-state index contributed by atoms with van der Waals surface area (Å²) in [5.74, 6) is 0.495. The van der Waals surface area contributed by atoms with Crippen molar-refractivity contribution in [3.05, 3.63) is 54.2 Å². The van der Waals surface area contributed by atoms with Crippen molar-refractivity contribution in [1.29, 1.82) is 0 Å². The molecule has 1 fully saturated rings. The molecule has 2 N–H and O–H groups in total. The van der Waals surface area contributed by atoms with Crippen LogP contribution in [0.3, 0.4) is 0 Å². The molecule has 1 atom stereocenters. The number of hydrogen-bond acceptors (Lipinski definition) is 9. The summed E-state index contributed by atoms with van der Waals surface area (Å²) in [6.07, 6.45) is 7.24.